The van der Waals surface area contributed by atoms with Crippen LogP contribution in [0, 0.1) is 0 Å². The van der Waals surface area contributed by atoms with E-state index in [1.807, 2.05) is 0 Å². The molecule has 1 aromatic heterocycles. The number of halogens is 1. The molecule has 8 heteroatoms. The lowest BCUT2D eigenvalue weighted by molar-refractivity contribution is 0.249. The summed E-state index contributed by atoms with van der Waals surface area (Å²) in [6, 6.07) is -0.563. The highest BCUT2D eigenvalue weighted by Crippen LogP contribution is 2.18. The van der Waals surface area contributed by atoms with Crippen molar-refractivity contribution in [2.75, 3.05) is 30.8 Å². The summed E-state index contributed by atoms with van der Waals surface area (Å²) in [7, 11) is 1.71. The fourth-order valence-corrected chi connectivity index (χ4v) is 1.14. The van der Waals surface area contributed by atoms with Gasteiger partial charge in [0.1, 0.15) is 5.02 Å². The maximum Gasteiger partial charge on any atom is 0.312 e. The van der Waals surface area contributed by atoms with Gasteiger partial charge in [0, 0.05) is 20.1 Å². The van der Waals surface area contributed by atoms with E-state index in [2.05, 4.69) is 25.9 Å². The number of anilines is 2. The number of nitrogens with two attached hydrogens (primary N) is 1. The minimum atomic E-state index is -0.563. The number of rotatable bonds is 5. The van der Waals surface area contributed by atoms with Gasteiger partial charge in [-0.05, 0) is 0 Å². The number of hydrogen-bond acceptors (Lipinski definition) is 5. The van der Waals surface area contributed by atoms with Crippen molar-refractivity contribution < 1.29 is 4.79 Å². The van der Waals surface area contributed by atoms with Gasteiger partial charge in [-0.1, -0.05) is 11.6 Å². The number of nitrogens with one attached hydrogen (secondary N) is 3. The van der Waals surface area contributed by atoms with Crippen LogP contribution in [0.1, 0.15) is 0 Å². The molecule has 0 fully saturated rings. The predicted molar refractivity (Wildman–Crippen MR) is 62.7 cm³/mol. The van der Waals surface area contributed by atoms with Gasteiger partial charge in [-0.15, -0.1) is 0 Å². The number of nitrogens with zero attached hydrogens (tertiary/aromatic N) is 2. The van der Waals surface area contributed by atoms with E-state index >= 15 is 0 Å². The minimum absolute atomic E-state index is 0.393. The highest BCUT2D eigenvalue weighted by Gasteiger charge is 2.03. The van der Waals surface area contributed by atoms with E-state index in [0.29, 0.717) is 29.9 Å². The first-order valence-electron chi connectivity index (χ1n) is 4.61. The van der Waals surface area contributed by atoms with Crippen molar-refractivity contribution >= 4 is 29.4 Å². The van der Waals surface area contributed by atoms with Crippen molar-refractivity contribution in [3.8, 4) is 0 Å². The topological polar surface area (TPSA) is 105 Å². The van der Waals surface area contributed by atoms with E-state index in [0.717, 1.165) is 0 Å². The molecular weight excluding hydrogens is 232 g/mol. The lowest BCUT2D eigenvalue weighted by atomic mass is 10.5. The molecule has 1 rings (SSSR count). The van der Waals surface area contributed by atoms with Crippen LogP contribution in [-0.2, 0) is 0 Å². The monoisotopic (exact) mass is 244 g/mol. The summed E-state index contributed by atoms with van der Waals surface area (Å²) in [6.45, 7) is 0.868. The summed E-state index contributed by atoms with van der Waals surface area (Å²) in [4.78, 5) is 18.4. The zero-order valence-electron chi connectivity index (χ0n) is 8.75. The van der Waals surface area contributed by atoms with E-state index in [1.165, 1.54) is 6.20 Å². The first-order chi connectivity index (χ1) is 7.63. The zero-order valence-corrected chi connectivity index (χ0v) is 9.51. The van der Waals surface area contributed by atoms with Crippen molar-refractivity contribution in [1.82, 2.24) is 15.3 Å². The molecule has 0 saturated heterocycles. The lowest BCUT2D eigenvalue weighted by Crippen LogP contribution is -2.33. The molecule has 2 amide bonds. The predicted octanol–water partition coefficient (Wildman–Crippen LogP) is 0.252. The molecule has 0 radical (unpaired) electrons. The molecule has 1 heterocycles. The van der Waals surface area contributed by atoms with Gasteiger partial charge in [-0.2, -0.15) is 4.98 Å². The van der Waals surface area contributed by atoms with Crippen LogP contribution in [0.5, 0.6) is 0 Å². The molecule has 7 nitrogen and oxygen atoms in total. The molecule has 0 atom stereocenters. The molecule has 5 N–H and O–H groups in total. The van der Waals surface area contributed by atoms with Crippen LogP contribution in [0.15, 0.2) is 6.20 Å². The Balaban J connectivity index is 2.49. The van der Waals surface area contributed by atoms with E-state index in [1.54, 1.807) is 7.05 Å². The Morgan fingerprint density at radius 2 is 2.31 bits per heavy atom. The standard InChI is InChI=1S/C8H13ClN6O/c1-11-8-14-4-5(9)6(15-8)12-2-3-13-7(10)16/h4H,2-3H2,1H3,(H3,10,13,16)(H2,11,12,14,15). The number of aromatic nitrogens is 2. The average molecular weight is 245 g/mol. The summed E-state index contributed by atoms with van der Waals surface area (Å²) >= 11 is 5.87. The third kappa shape index (κ3) is 3.77. The Kier molecular flexibility index (Phi) is 4.59. The summed E-state index contributed by atoms with van der Waals surface area (Å²) in [5.41, 5.74) is 4.91. The Hall–Kier alpha value is -1.76. The molecular formula is C8H13ClN6O. The van der Waals surface area contributed by atoms with Crippen LogP contribution >= 0.6 is 11.6 Å². The molecule has 1 aromatic rings. The fraction of sp³-hybridized carbons (Fsp3) is 0.375. The second-order valence-electron chi connectivity index (χ2n) is 2.86. The van der Waals surface area contributed by atoms with E-state index in [4.69, 9.17) is 17.3 Å². The normalized spacial score (nSPS) is 9.62. The van der Waals surface area contributed by atoms with Crippen molar-refractivity contribution in [3.63, 3.8) is 0 Å². The van der Waals surface area contributed by atoms with Crippen LogP contribution < -0.4 is 21.7 Å². The third-order valence-electron chi connectivity index (χ3n) is 1.68. The number of primary amides is 1. The molecule has 16 heavy (non-hydrogen) atoms. The van der Waals surface area contributed by atoms with E-state index < -0.39 is 6.03 Å². The van der Waals surface area contributed by atoms with Crippen LogP contribution in [0.4, 0.5) is 16.6 Å². The number of amides is 2. The van der Waals surface area contributed by atoms with Gasteiger partial charge in [0.25, 0.3) is 0 Å². The van der Waals surface area contributed by atoms with Gasteiger partial charge in [-0.3, -0.25) is 0 Å². The molecule has 0 unspecified atom stereocenters. The zero-order chi connectivity index (χ0) is 12.0. The largest absolute Gasteiger partial charge is 0.367 e. The number of carbonyl (C=O) groups is 1. The molecule has 0 aliphatic rings. The molecule has 0 bridgehead atoms. The Morgan fingerprint density at radius 1 is 1.56 bits per heavy atom. The number of urea groups is 1. The second-order valence-corrected chi connectivity index (χ2v) is 3.27. The molecule has 0 saturated carbocycles. The van der Waals surface area contributed by atoms with Gasteiger partial charge in [0.2, 0.25) is 5.95 Å². The van der Waals surface area contributed by atoms with Crippen molar-refractivity contribution in [2.45, 2.75) is 0 Å². The summed E-state index contributed by atoms with van der Waals surface area (Å²) in [5.74, 6) is 0.974. The van der Waals surface area contributed by atoms with Crippen molar-refractivity contribution in [1.29, 1.82) is 0 Å². The third-order valence-corrected chi connectivity index (χ3v) is 1.96. The van der Waals surface area contributed by atoms with Gasteiger partial charge >= 0.3 is 6.03 Å². The van der Waals surface area contributed by atoms with Crippen molar-refractivity contribution in [2.24, 2.45) is 5.73 Å². The second kappa shape index (κ2) is 5.96. The highest BCUT2D eigenvalue weighted by molar-refractivity contribution is 6.32. The summed E-state index contributed by atoms with van der Waals surface area (Å²) in [6.07, 6.45) is 1.49. The van der Waals surface area contributed by atoms with Crippen LogP contribution in [0.3, 0.4) is 0 Å². The first-order valence-corrected chi connectivity index (χ1v) is 4.98. The molecule has 0 aromatic carbocycles. The molecule has 0 aliphatic heterocycles. The van der Waals surface area contributed by atoms with Crippen LogP contribution in [-0.4, -0.2) is 36.1 Å². The Morgan fingerprint density at radius 3 is 2.94 bits per heavy atom. The number of hydrogen-bond donors (Lipinski definition) is 4. The smallest absolute Gasteiger partial charge is 0.312 e. The van der Waals surface area contributed by atoms with Gasteiger partial charge < -0.3 is 21.7 Å². The summed E-state index contributed by atoms with van der Waals surface area (Å²) < 4.78 is 0. The molecule has 0 spiro atoms. The van der Waals surface area contributed by atoms with E-state index in [-0.39, 0.29) is 0 Å². The van der Waals surface area contributed by atoms with Gasteiger partial charge in [-0.25, -0.2) is 9.78 Å². The quantitative estimate of drug-likeness (QED) is 0.556. The maximum atomic E-state index is 10.4. The Labute approximate surface area is 97.8 Å². The summed E-state index contributed by atoms with van der Waals surface area (Å²) in [5, 5.41) is 8.60. The fourth-order valence-electron chi connectivity index (χ4n) is 0.978. The van der Waals surface area contributed by atoms with Crippen LogP contribution in [0.25, 0.3) is 0 Å². The maximum absolute atomic E-state index is 10.4. The van der Waals surface area contributed by atoms with E-state index in [9.17, 15) is 4.79 Å². The minimum Gasteiger partial charge on any atom is -0.367 e. The highest BCUT2D eigenvalue weighted by atomic mass is 35.5. The molecule has 88 valence electrons. The average Bonchev–Trinajstić information content (AvgIpc) is 2.26. The number of carbonyl (C=O) groups excluding carboxylic acids is 1. The van der Waals surface area contributed by atoms with Crippen LogP contribution in [0.2, 0.25) is 5.02 Å². The molecule has 0 aliphatic carbocycles. The SMILES string of the molecule is CNc1ncc(Cl)c(NCCNC(N)=O)n1. The van der Waals surface area contributed by atoms with Gasteiger partial charge in [0.05, 0.1) is 6.20 Å². The first kappa shape index (κ1) is 12.3. The van der Waals surface area contributed by atoms with Crippen molar-refractivity contribution in [3.05, 3.63) is 11.2 Å². The lowest BCUT2D eigenvalue weighted by Gasteiger charge is -2.08. The van der Waals surface area contributed by atoms with Gasteiger partial charge in [0.15, 0.2) is 5.82 Å². The Bertz CT molecular complexity index is 372.